The number of nitrogens with one attached hydrogen (secondary N) is 1. The number of carbonyl (C=O) groups excluding carboxylic acids is 1. The van der Waals surface area contributed by atoms with E-state index in [2.05, 4.69) is 15.4 Å². The smallest absolute Gasteiger partial charge is 0.295 e. The van der Waals surface area contributed by atoms with Crippen LogP contribution in [0.5, 0.6) is 0 Å². The average molecular weight is 486 g/mol. The standard InChI is InChI=1S/C27H31N7O2/c1-18-22(19(2)32(3)31-18)15-29-26(35)21-11-8-14-33(17-21)25-27(36)34(16-20-9-5-4-6-10-20)24-23(30-25)12-7-13-28-24/h4-7,9-10,12-13,21H,8,11,14-17H2,1-3H3,(H,29,35). The highest BCUT2D eigenvalue weighted by Crippen LogP contribution is 2.22. The zero-order chi connectivity index (χ0) is 25.2. The van der Waals surface area contributed by atoms with E-state index in [0.717, 1.165) is 35.4 Å². The number of pyridine rings is 1. The van der Waals surface area contributed by atoms with Crippen molar-refractivity contribution in [3.63, 3.8) is 0 Å². The summed E-state index contributed by atoms with van der Waals surface area (Å²) in [5, 5.41) is 7.52. The molecule has 5 rings (SSSR count). The van der Waals surface area contributed by atoms with Gasteiger partial charge in [0.15, 0.2) is 11.5 Å². The fraction of sp³-hybridized carbons (Fsp3) is 0.370. The molecule has 9 heteroatoms. The number of fused-ring (bicyclic) bond motifs is 1. The molecule has 1 amide bonds. The van der Waals surface area contributed by atoms with Gasteiger partial charge in [0.05, 0.1) is 18.2 Å². The van der Waals surface area contributed by atoms with E-state index in [-0.39, 0.29) is 17.4 Å². The maximum atomic E-state index is 13.7. The first kappa shape index (κ1) is 23.7. The fourth-order valence-electron chi connectivity index (χ4n) is 4.96. The first-order valence-corrected chi connectivity index (χ1v) is 12.3. The molecule has 1 aromatic carbocycles. The molecule has 1 aliphatic rings. The molecule has 1 saturated heterocycles. The monoisotopic (exact) mass is 485 g/mol. The van der Waals surface area contributed by atoms with Crippen LogP contribution < -0.4 is 15.8 Å². The van der Waals surface area contributed by atoms with E-state index in [0.29, 0.717) is 43.2 Å². The van der Waals surface area contributed by atoms with Crippen molar-refractivity contribution in [2.75, 3.05) is 18.0 Å². The number of hydrogen-bond donors (Lipinski definition) is 1. The molecule has 0 aliphatic carbocycles. The SMILES string of the molecule is Cc1nn(C)c(C)c1CNC(=O)C1CCCN(c2nc3cccnc3n(Cc3ccccc3)c2=O)C1. The van der Waals surface area contributed by atoms with Crippen LogP contribution in [0.25, 0.3) is 11.2 Å². The second-order valence-corrected chi connectivity index (χ2v) is 9.43. The second kappa shape index (κ2) is 9.93. The summed E-state index contributed by atoms with van der Waals surface area (Å²) in [5.41, 5.74) is 5.07. The van der Waals surface area contributed by atoms with Crippen molar-refractivity contribution in [3.05, 3.63) is 81.5 Å². The Kier molecular flexibility index (Phi) is 6.54. The molecule has 1 N–H and O–H groups in total. The summed E-state index contributed by atoms with van der Waals surface area (Å²) in [6, 6.07) is 13.6. The van der Waals surface area contributed by atoms with Gasteiger partial charge in [-0.15, -0.1) is 0 Å². The Morgan fingerprint density at radius 1 is 1.14 bits per heavy atom. The van der Waals surface area contributed by atoms with Gasteiger partial charge in [0, 0.05) is 44.1 Å². The number of anilines is 1. The fourth-order valence-corrected chi connectivity index (χ4v) is 4.96. The van der Waals surface area contributed by atoms with Gasteiger partial charge in [0.2, 0.25) is 5.91 Å². The van der Waals surface area contributed by atoms with Gasteiger partial charge in [-0.3, -0.25) is 18.8 Å². The number of amides is 1. The summed E-state index contributed by atoms with van der Waals surface area (Å²) in [6.07, 6.45) is 3.27. The first-order valence-electron chi connectivity index (χ1n) is 12.3. The summed E-state index contributed by atoms with van der Waals surface area (Å²) in [7, 11) is 1.91. The predicted molar refractivity (Wildman–Crippen MR) is 139 cm³/mol. The number of carbonyl (C=O) groups is 1. The number of rotatable bonds is 6. The van der Waals surface area contributed by atoms with Crippen LogP contribution in [0.3, 0.4) is 0 Å². The maximum Gasteiger partial charge on any atom is 0.295 e. The van der Waals surface area contributed by atoms with Crippen LogP contribution in [0.1, 0.15) is 35.4 Å². The van der Waals surface area contributed by atoms with E-state index in [1.165, 1.54) is 0 Å². The lowest BCUT2D eigenvalue weighted by Gasteiger charge is -2.32. The molecule has 186 valence electrons. The largest absolute Gasteiger partial charge is 0.352 e. The minimum Gasteiger partial charge on any atom is -0.352 e. The van der Waals surface area contributed by atoms with Crippen LogP contribution in [0.15, 0.2) is 53.5 Å². The molecule has 9 nitrogen and oxygen atoms in total. The van der Waals surface area contributed by atoms with Crippen molar-refractivity contribution in [1.29, 1.82) is 0 Å². The average Bonchev–Trinajstić information content (AvgIpc) is 3.14. The molecule has 0 bridgehead atoms. The van der Waals surface area contributed by atoms with Crippen LogP contribution in [0.4, 0.5) is 5.82 Å². The highest BCUT2D eigenvalue weighted by Gasteiger charge is 2.29. The quantitative estimate of drug-likeness (QED) is 0.451. The number of hydrogen-bond acceptors (Lipinski definition) is 6. The van der Waals surface area contributed by atoms with Crippen LogP contribution in [-0.2, 0) is 24.9 Å². The Labute approximate surface area is 209 Å². The summed E-state index contributed by atoms with van der Waals surface area (Å²) in [6.45, 7) is 5.96. The Bertz CT molecular complexity index is 1460. The topological polar surface area (TPSA) is 97.9 Å². The van der Waals surface area contributed by atoms with Gasteiger partial charge in [0.1, 0.15) is 5.52 Å². The van der Waals surface area contributed by atoms with Gasteiger partial charge in [-0.25, -0.2) is 9.97 Å². The normalized spacial score (nSPS) is 15.9. The number of piperidine rings is 1. The van der Waals surface area contributed by atoms with Gasteiger partial charge in [-0.05, 0) is 44.4 Å². The number of nitrogens with zero attached hydrogens (tertiary/aromatic N) is 6. The van der Waals surface area contributed by atoms with Crippen molar-refractivity contribution >= 4 is 22.9 Å². The van der Waals surface area contributed by atoms with Crippen molar-refractivity contribution < 1.29 is 4.79 Å². The lowest BCUT2D eigenvalue weighted by atomic mass is 9.97. The van der Waals surface area contributed by atoms with Crippen LogP contribution in [-0.4, -0.2) is 43.3 Å². The van der Waals surface area contributed by atoms with Crippen LogP contribution in [0, 0.1) is 19.8 Å². The van der Waals surface area contributed by atoms with Gasteiger partial charge in [-0.1, -0.05) is 30.3 Å². The Balaban J connectivity index is 1.39. The zero-order valence-corrected chi connectivity index (χ0v) is 20.9. The molecular formula is C27H31N7O2. The third-order valence-electron chi connectivity index (χ3n) is 7.06. The van der Waals surface area contributed by atoms with Crippen LogP contribution >= 0.6 is 0 Å². The van der Waals surface area contributed by atoms with E-state index in [1.54, 1.807) is 10.8 Å². The van der Waals surface area contributed by atoms with Gasteiger partial charge in [0.25, 0.3) is 5.56 Å². The third-order valence-corrected chi connectivity index (χ3v) is 7.06. The number of aromatic nitrogens is 5. The highest BCUT2D eigenvalue weighted by molar-refractivity contribution is 5.80. The third kappa shape index (κ3) is 4.60. The van der Waals surface area contributed by atoms with E-state index >= 15 is 0 Å². The van der Waals surface area contributed by atoms with Gasteiger partial charge < -0.3 is 10.2 Å². The van der Waals surface area contributed by atoms with Gasteiger partial charge in [-0.2, -0.15) is 5.10 Å². The predicted octanol–water partition coefficient (Wildman–Crippen LogP) is 2.72. The summed E-state index contributed by atoms with van der Waals surface area (Å²) in [5.74, 6) is 0.154. The molecule has 4 heterocycles. The van der Waals surface area contributed by atoms with E-state index < -0.39 is 0 Å². The molecule has 1 fully saturated rings. The molecule has 0 radical (unpaired) electrons. The highest BCUT2D eigenvalue weighted by atomic mass is 16.2. The molecule has 1 unspecified atom stereocenters. The summed E-state index contributed by atoms with van der Waals surface area (Å²) < 4.78 is 3.52. The van der Waals surface area contributed by atoms with Crippen LogP contribution in [0.2, 0.25) is 0 Å². The lowest BCUT2D eigenvalue weighted by molar-refractivity contribution is -0.125. The molecular weight excluding hydrogens is 454 g/mol. The van der Waals surface area contributed by atoms with E-state index in [9.17, 15) is 9.59 Å². The number of aryl methyl sites for hydroxylation is 2. The second-order valence-electron chi connectivity index (χ2n) is 9.43. The van der Waals surface area contributed by atoms with Crippen molar-refractivity contribution in [1.82, 2.24) is 29.6 Å². The summed E-state index contributed by atoms with van der Waals surface area (Å²) >= 11 is 0. The minimum absolute atomic E-state index is 0.00517. The molecule has 1 atom stereocenters. The Morgan fingerprint density at radius 2 is 1.94 bits per heavy atom. The molecule has 3 aromatic heterocycles. The summed E-state index contributed by atoms with van der Waals surface area (Å²) in [4.78, 5) is 37.9. The number of benzene rings is 1. The van der Waals surface area contributed by atoms with E-state index in [1.807, 2.05) is 72.9 Å². The van der Waals surface area contributed by atoms with E-state index in [4.69, 9.17) is 4.98 Å². The Morgan fingerprint density at radius 3 is 2.69 bits per heavy atom. The zero-order valence-electron chi connectivity index (χ0n) is 20.9. The molecule has 4 aromatic rings. The molecule has 36 heavy (non-hydrogen) atoms. The Hall–Kier alpha value is -4.01. The van der Waals surface area contributed by atoms with Gasteiger partial charge >= 0.3 is 0 Å². The first-order chi connectivity index (χ1) is 17.4. The lowest BCUT2D eigenvalue weighted by Crippen LogP contribution is -2.45. The maximum absolute atomic E-state index is 13.7. The molecule has 0 spiro atoms. The van der Waals surface area contributed by atoms with Crippen molar-refractivity contribution in [2.24, 2.45) is 13.0 Å². The molecule has 1 aliphatic heterocycles. The molecule has 0 saturated carbocycles. The minimum atomic E-state index is -0.218. The van der Waals surface area contributed by atoms with Crippen molar-refractivity contribution in [2.45, 2.75) is 39.8 Å². The van der Waals surface area contributed by atoms with Crippen molar-refractivity contribution in [3.8, 4) is 0 Å².